The Morgan fingerprint density at radius 1 is 1.72 bits per heavy atom. The summed E-state index contributed by atoms with van der Waals surface area (Å²) >= 11 is 5.96. The summed E-state index contributed by atoms with van der Waals surface area (Å²) in [5.74, 6) is -0.0983. The Balaban J connectivity index is 2.24. The summed E-state index contributed by atoms with van der Waals surface area (Å²) in [6, 6.07) is 1.59. The maximum Gasteiger partial charge on any atom is 0.227 e. The Labute approximate surface area is 108 Å². The first kappa shape index (κ1) is 12.5. The van der Waals surface area contributed by atoms with Crippen molar-refractivity contribution in [1.82, 2.24) is 4.98 Å². The monoisotopic (exact) mass is 266 g/mol. The minimum atomic E-state index is -0.0882. The molecular formula is C10H11ClN6O. The zero-order chi connectivity index (χ0) is 13.1. The van der Waals surface area contributed by atoms with Gasteiger partial charge in [-0.3, -0.25) is 4.79 Å². The van der Waals surface area contributed by atoms with Gasteiger partial charge in [0, 0.05) is 30.6 Å². The second-order valence-corrected chi connectivity index (χ2v) is 4.39. The Morgan fingerprint density at radius 2 is 2.50 bits per heavy atom. The summed E-state index contributed by atoms with van der Waals surface area (Å²) < 4.78 is 0. The predicted molar refractivity (Wildman–Crippen MR) is 68.1 cm³/mol. The largest absolute Gasteiger partial charge is 0.397 e. The molecule has 1 unspecified atom stereocenters. The quantitative estimate of drug-likeness (QED) is 0.391. The van der Waals surface area contributed by atoms with Crippen molar-refractivity contribution in [3.05, 3.63) is 27.9 Å². The van der Waals surface area contributed by atoms with Gasteiger partial charge in [0.05, 0.1) is 5.69 Å². The molecule has 1 aliphatic heterocycles. The standard InChI is InChI=1S/C10H11ClN6O/c11-10-9(7(12)1-2-14-10)17-5-6(3-8(17)18)4-15-16-13/h1-2,6H,3-5H2,(H2,12,14). The van der Waals surface area contributed by atoms with E-state index in [0.717, 1.165) is 0 Å². The molecule has 2 heterocycles. The highest BCUT2D eigenvalue weighted by Crippen LogP contribution is 2.34. The van der Waals surface area contributed by atoms with Gasteiger partial charge in [-0.05, 0) is 17.5 Å². The van der Waals surface area contributed by atoms with E-state index in [1.807, 2.05) is 0 Å². The number of aromatic nitrogens is 1. The summed E-state index contributed by atoms with van der Waals surface area (Å²) in [6.45, 7) is 0.726. The third-order valence-corrected chi connectivity index (χ3v) is 3.07. The molecule has 2 N–H and O–H groups in total. The van der Waals surface area contributed by atoms with E-state index in [1.165, 1.54) is 11.1 Å². The lowest BCUT2D eigenvalue weighted by Crippen LogP contribution is -2.26. The van der Waals surface area contributed by atoms with Gasteiger partial charge in [-0.1, -0.05) is 16.7 Å². The fourth-order valence-electron chi connectivity index (χ4n) is 1.98. The Kier molecular flexibility index (Phi) is 3.55. The molecule has 1 fully saturated rings. The number of nitrogen functional groups attached to an aromatic ring is 1. The average Bonchev–Trinajstić information content (AvgIpc) is 2.68. The summed E-state index contributed by atoms with van der Waals surface area (Å²) in [6.07, 6.45) is 1.81. The topological polar surface area (TPSA) is 108 Å². The number of azide groups is 1. The van der Waals surface area contributed by atoms with Crippen molar-refractivity contribution in [2.75, 3.05) is 23.7 Å². The molecule has 0 bridgehead atoms. The molecule has 0 saturated carbocycles. The van der Waals surface area contributed by atoms with Crippen LogP contribution in [0.5, 0.6) is 0 Å². The van der Waals surface area contributed by atoms with E-state index >= 15 is 0 Å². The number of carbonyl (C=O) groups excluding carboxylic acids is 1. The van der Waals surface area contributed by atoms with E-state index in [-0.39, 0.29) is 23.5 Å². The molecule has 1 amide bonds. The average molecular weight is 267 g/mol. The van der Waals surface area contributed by atoms with Crippen molar-refractivity contribution in [3.8, 4) is 0 Å². The van der Waals surface area contributed by atoms with Crippen molar-refractivity contribution in [2.45, 2.75) is 6.42 Å². The first-order valence-electron chi connectivity index (χ1n) is 5.34. The van der Waals surface area contributed by atoms with E-state index in [9.17, 15) is 4.79 Å². The molecule has 1 saturated heterocycles. The molecular weight excluding hydrogens is 256 g/mol. The summed E-state index contributed by atoms with van der Waals surface area (Å²) in [7, 11) is 0. The number of anilines is 2. The van der Waals surface area contributed by atoms with Gasteiger partial charge in [-0.2, -0.15) is 0 Å². The van der Waals surface area contributed by atoms with Crippen LogP contribution in [0.3, 0.4) is 0 Å². The van der Waals surface area contributed by atoms with Crippen LogP contribution in [0.2, 0.25) is 5.15 Å². The molecule has 18 heavy (non-hydrogen) atoms. The van der Waals surface area contributed by atoms with Gasteiger partial charge < -0.3 is 10.6 Å². The predicted octanol–water partition coefficient (Wildman–Crippen LogP) is 1.98. The number of amides is 1. The van der Waals surface area contributed by atoms with Crippen LogP contribution in [0.4, 0.5) is 11.4 Å². The van der Waals surface area contributed by atoms with E-state index < -0.39 is 0 Å². The zero-order valence-corrected chi connectivity index (χ0v) is 10.2. The van der Waals surface area contributed by atoms with Crippen LogP contribution in [-0.2, 0) is 4.79 Å². The lowest BCUT2D eigenvalue weighted by atomic mass is 10.1. The molecule has 1 atom stereocenters. The fraction of sp³-hybridized carbons (Fsp3) is 0.400. The van der Waals surface area contributed by atoms with Gasteiger partial charge in [0.25, 0.3) is 0 Å². The summed E-state index contributed by atoms with van der Waals surface area (Å²) in [5.41, 5.74) is 14.9. The van der Waals surface area contributed by atoms with Crippen molar-refractivity contribution in [2.24, 2.45) is 11.0 Å². The van der Waals surface area contributed by atoms with Gasteiger partial charge in [0.2, 0.25) is 5.91 Å². The molecule has 7 nitrogen and oxygen atoms in total. The van der Waals surface area contributed by atoms with Crippen molar-refractivity contribution >= 4 is 28.9 Å². The first-order valence-corrected chi connectivity index (χ1v) is 5.72. The molecule has 2 rings (SSSR count). The van der Waals surface area contributed by atoms with E-state index in [4.69, 9.17) is 22.9 Å². The number of nitrogens with two attached hydrogens (primary N) is 1. The number of carbonyl (C=O) groups is 1. The molecule has 0 aromatic carbocycles. The maximum atomic E-state index is 11.9. The lowest BCUT2D eigenvalue weighted by molar-refractivity contribution is -0.117. The van der Waals surface area contributed by atoms with E-state index in [0.29, 0.717) is 24.3 Å². The van der Waals surface area contributed by atoms with Crippen LogP contribution in [0.1, 0.15) is 6.42 Å². The normalized spacial score (nSPS) is 18.8. The second kappa shape index (κ2) is 5.12. The minimum absolute atomic E-state index is 0.0101. The lowest BCUT2D eigenvalue weighted by Gasteiger charge is -2.19. The highest BCUT2D eigenvalue weighted by atomic mass is 35.5. The van der Waals surface area contributed by atoms with Crippen LogP contribution < -0.4 is 10.6 Å². The number of pyridine rings is 1. The number of hydrogen-bond acceptors (Lipinski definition) is 4. The fourth-order valence-corrected chi connectivity index (χ4v) is 2.25. The Morgan fingerprint density at radius 3 is 3.17 bits per heavy atom. The third kappa shape index (κ3) is 2.32. The Hall–Kier alpha value is -1.98. The zero-order valence-electron chi connectivity index (χ0n) is 9.45. The summed E-state index contributed by atoms with van der Waals surface area (Å²) in [4.78, 5) is 20.0. The molecule has 94 valence electrons. The second-order valence-electron chi connectivity index (χ2n) is 4.03. The van der Waals surface area contributed by atoms with Crippen molar-refractivity contribution in [1.29, 1.82) is 0 Å². The first-order chi connectivity index (χ1) is 8.63. The van der Waals surface area contributed by atoms with E-state index in [1.54, 1.807) is 6.07 Å². The van der Waals surface area contributed by atoms with Crippen molar-refractivity contribution < 1.29 is 4.79 Å². The SMILES string of the molecule is [N-]=[N+]=NCC1CC(=O)N(c2c(N)ccnc2Cl)C1. The number of nitrogens with zero attached hydrogens (tertiary/aromatic N) is 5. The summed E-state index contributed by atoms with van der Waals surface area (Å²) in [5, 5.41) is 3.68. The molecule has 0 aliphatic carbocycles. The Bertz CT molecular complexity index is 507. The van der Waals surface area contributed by atoms with Crippen molar-refractivity contribution in [3.63, 3.8) is 0 Å². The highest BCUT2D eigenvalue weighted by molar-refractivity contribution is 6.33. The highest BCUT2D eigenvalue weighted by Gasteiger charge is 2.32. The molecule has 1 aromatic rings. The van der Waals surface area contributed by atoms with Gasteiger partial charge in [0.15, 0.2) is 5.15 Å². The third-order valence-electron chi connectivity index (χ3n) is 2.79. The molecule has 1 aliphatic rings. The number of hydrogen-bond donors (Lipinski definition) is 1. The number of halogens is 1. The molecule has 8 heteroatoms. The molecule has 1 aromatic heterocycles. The van der Waals surface area contributed by atoms with Gasteiger partial charge in [0.1, 0.15) is 5.69 Å². The van der Waals surface area contributed by atoms with Crippen LogP contribution in [0.25, 0.3) is 10.4 Å². The molecule has 0 radical (unpaired) electrons. The van der Waals surface area contributed by atoms with Gasteiger partial charge >= 0.3 is 0 Å². The van der Waals surface area contributed by atoms with Gasteiger partial charge in [-0.25, -0.2) is 4.98 Å². The van der Waals surface area contributed by atoms with Gasteiger partial charge in [-0.15, -0.1) is 0 Å². The maximum absolute atomic E-state index is 11.9. The van der Waals surface area contributed by atoms with Crippen LogP contribution in [-0.4, -0.2) is 24.0 Å². The van der Waals surface area contributed by atoms with Crippen LogP contribution in [0, 0.1) is 5.92 Å². The minimum Gasteiger partial charge on any atom is -0.397 e. The number of rotatable bonds is 3. The van der Waals surface area contributed by atoms with E-state index in [2.05, 4.69) is 15.0 Å². The smallest absolute Gasteiger partial charge is 0.227 e. The molecule has 0 spiro atoms. The van der Waals surface area contributed by atoms with Crippen LogP contribution in [0.15, 0.2) is 17.4 Å². The van der Waals surface area contributed by atoms with Crippen LogP contribution >= 0.6 is 11.6 Å².